The summed E-state index contributed by atoms with van der Waals surface area (Å²) in [5.41, 5.74) is 0.879. The Morgan fingerprint density at radius 1 is 1.08 bits per heavy atom. The minimum atomic E-state index is 0.0964. The molecule has 0 atom stereocenters. The second-order valence-corrected chi connectivity index (χ2v) is 7.50. The number of carbonyl (C=O) groups is 1. The van der Waals surface area contributed by atoms with Crippen LogP contribution < -0.4 is 5.32 Å². The van der Waals surface area contributed by atoms with Gasteiger partial charge in [0, 0.05) is 17.6 Å². The van der Waals surface area contributed by atoms with E-state index in [4.69, 9.17) is 0 Å². The number of aromatic nitrogens is 3. The van der Waals surface area contributed by atoms with Gasteiger partial charge in [-0.25, -0.2) is 0 Å². The zero-order chi connectivity index (χ0) is 17.8. The van der Waals surface area contributed by atoms with E-state index in [1.807, 2.05) is 36.7 Å². The minimum absolute atomic E-state index is 0.0964. The van der Waals surface area contributed by atoms with Crippen LogP contribution in [0.4, 0.5) is 5.69 Å². The summed E-state index contributed by atoms with van der Waals surface area (Å²) in [5.74, 6) is 1.31. The topological polar surface area (TPSA) is 63.1 Å². The van der Waals surface area contributed by atoms with Gasteiger partial charge >= 0.3 is 0 Å². The molecule has 0 bridgehead atoms. The fraction of sp³-hybridized carbons (Fsp3) is 0.550. The van der Waals surface area contributed by atoms with Crippen molar-refractivity contribution in [3.05, 3.63) is 42.5 Å². The highest BCUT2D eigenvalue weighted by molar-refractivity contribution is 5.92. The number of para-hydroxylation sites is 1. The lowest BCUT2D eigenvalue weighted by atomic mass is 9.96. The molecule has 138 valence electrons. The third kappa shape index (κ3) is 3.96. The highest BCUT2D eigenvalue weighted by Crippen LogP contribution is 2.30. The maximum atomic E-state index is 12.5. The first-order valence-electron chi connectivity index (χ1n) is 9.76. The van der Waals surface area contributed by atoms with Crippen molar-refractivity contribution in [1.82, 2.24) is 19.7 Å². The van der Waals surface area contributed by atoms with E-state index < -0.39 is 0 Å². The Morgan fingerprint density at radius 2 is 1.81 bits per heavy atom. The van der Waals surface area contributed by atoms with E-state index in [9.17, 15) is 4.79 Å². The first-order valence-corrected chi connectivity index (χ1v) is 9.76. The SMILES string of the molecule is O=C(Nc1ccccc1)C1CCN(Cc2nncn2C2CCCC2)CC1. The lowest BCUT2D eigenvalue weighted by molar-refractivity contribution is -0.121. The lowest BCUT2D eigenvalue weighted by Gasteiger charge is -2.31. The van der Waals surface area contributed by atoms with Crippen molar-refractivity contribution in [2.45, 2.75) is 51.1 Å². The van der Waals surface area contributed by atoms with Gasteiger partial charge in [0.15, 0.2) is 0 Å². The van der Waals surface area contributed by atoms with Crippen LogP contribution in [0.3, 0.4) is 0 Å². The second kappa shape index (κ2) is 7.99. The molecule has 2 fully saturated rings. The molecule has 2 heterocycles. The number of benzene rings is 1. The molecule has 1 N–H and O–H groups in total. The summed E-state index contributed by atoms with van der Waals surface area (Å²) < 4.78 is 2.28. The number of rotatable bonds is 5. The number of carbonyl (C=O) groups excluding carboxylic acids is 1. The molecule has 1 saturated carbocycles. The van der Waals surface area contributed by atoms with Gasteiger partial charge in [-0.1, -0.05) is 31.0 Å². The van der Waals surface area contributed by atoms with Crippen molar-refractivity contribution in [3.8, 4) is 0 Å². The van der Waals surface area contributed by atoms with E-state index in [1.165, 1.54) is 25.7 Å². The van der Waals surface area contributed by atoms with Crippen molar-refractivity contribution in [3.63, 3.8) is 0 Å². The largest absolute Gasteiger partial charge is 0.326 e. The number of hydrogen-bond donors (Lipinski definition) is 1. The van der Waals surface area contributed by atoms with E-state index >= 15 is 0 Å². The highest BCUT2D eigenvalue weighted by atomic mass is 16.1. The molecule has 2 aromatic rings. The van der Waals surface area contributed by atoms with E-state index in [2.05, 4.69) is 25.0 Å². The molecule has 1 saturated heterocycles. The molecule has 6 heteroatoms. The van der Waals surface area contributed by atoms with Gasteiger partial charge in [0.05, 0.1) is 6.54 Å². The molecule has 0 spiro atoms. The quantitative estimate of drug-likeness (QED) is 0.896. The summed E-state index contributed by atoms with van der Waals surface area (Å²) in [6, 6.07) is 10.3. The van der Waals surface area contributed by atoms with Crippen molar-refractivity contribution in [2.75, 3.05) is 18.4 Å². The number of amides is 1. The highest BCUT2D eigenvalue weighted by Gasteiger charge is 2.27. The average molecular weight is 353 g/mol. The molecule has 0 unspecified atom stereocenters. The lowest BCUT2D eigenvalue weighted by Crippen LogP contribution is -2.38. The van der Waals surface area contributed by atoms with E-state index in [1.54, 1.807) is 0 Å². The molecule has 1 aromatic carbocycles. The molecule has 2 aliphatic rings. The Hall–Kier alpha value is -2.21. The van der Waals surface area contributed by atoms with Crippen molar-refractivity contribution in [2.24, 2.45) is 5.92 Å². The fourth-order valence-corrected chi connectivity index (χ4v) is 4.19. The van der Waals surface area contributed by atoms with Crippen LogP contribution in [0.15, 0.2) is 36.7 Å². The predicted molar refractivity (Wildman–Crippen MR) is 101 cm³/mol. The maximum absolute atomic E-state index is 12.5. The van der Waals surface area contributed by atoms with Crippen LogP contribution in [0, 0.1) is 5.92 Å². The van der Waals surface area contributed by atoms with Crippen molar-refractivity contribution >= 4 is 11.6 Å². The Morgan fingerprint density at radius 3 is 2.54 bits per heavy atom. The Bertz CT molecular complexity index is 715. The number of likely N-dealkylation sites (tertiary alicyclic amines) is 1. The number of piperidine rings is 1. The molecule has 1 aliphatic carbocycles. The van der Waals surface area contributed by atoms with Crippen LogP contribution in [0.25, 0.3) is 0 Å². The summed E-state index contributed by atoms with van der Waals surface area (Å²) in [6.45, 7) is 2.71. The Labute approximate surface area is 154 Å². The maximum Gasteiger partial charge on any atom is 0.227 e. The standard InChI is InChI=1S/C20H27N5O/c26-20(22-17-6-2-1-3-7-17)16-10-12-24(13-11-16)14-19-23-21-15-25(19)18-8-4-5-9-18/h1-3,6-7,15-16,18H,4-5,8-14H2,(H,22,26). The van der Waals surface area contributed by atoms with Gasteiger partial charge in [0.25, 0.3) is 0 Å². The number of nitrogens with one attached hydrogen (secondary N) is 1. The smallest absolute Gasteiger partial charge is 0.227 e. The molecular weight excluding hydrogens is 326 g/mol. The van der Waals surface area contributed by atoms with Gasteiger partial charge in [0.2, 0.25) is 5.91 Å². The van der Waals surface area contributed by atoms with Crippen LogP contribution in [0.2, 0.25) is 0 Å². The summed E-state index contributed by atoms with van der Waals surface area (Å²) in [5, 5.41) is 11.5. The third-order valence-electron chi connectivity index (χ3n) is 5.73. The fourth-order valence-electron chi connectivity index (χ4n) is 4.19. The van der Waals surface area contributed by atoms with Gasteiger partial charge in [-0.15, -0.1) is 10.2 Å². The second-order valence-electron chi connectivity index (χ2n) is 7.50. The summed E-state index contributed by atoms with van der Waals surface area (Å²) in [4.78, 5) is 14.9. The van der Waals surface area contributed by atoms with E-state index in [0.29, 0.717) is 6.04 Å². The van der Waals surface area contributed by atoms with Gasteiger partial charge in [0.1, 0.15) is 12.2 Å². The van der Waals surface area contributed by atoms with Crippen LogP contribution >= 0.6 is 0 Å². The number of anilines is 1. The monoisotopic (exact) mass is 353 g/mol. The number of nitrogens with zero attached hydrogens (tertiary/aromatic N) is 4. The average Bonchev–Trinajstić information content (AvgIpc) is 3.34. The first-order chi connectivity index (χ1) is 12.8. The van der Waals surface area contributed by atoms with Crippen molar-refractivity contribution < 1.29 is 4.79 Å². The summed E-state index contributed by atoms with van der Waals surface area (Å²) >= 11 is 0. The molecule has 6 nitrogen and oxygen atoms in total. The normalized spacial score (nSPS) is 19.7. The van der Waals surface area contributed by atoms with Crippen molar-refractivity contribution in [1.29, 1.82) is 0 Å². The van der Waals surface area contributed by atoms with Gasteiger partial charge in [-0.3, -0.25) is 9.69 Å². The third-order valence-corrected chi connectivity index (χ3v) is 5.73. The summed E-state index contributed by atoms with van der Waals surface area (Å²) in [7, 11) is 0. The van der Waals surface area contributed by atoms with Crippen LogP contribution in [-0.4, -0.2) is 38.7 Å². The first kappa shape index (κ1) is 17.2. The van der Waals surface area contributed by atoms with Gasteiger partial charge in [-0.2, -0.15) is 0 Å². The van der Waals surface area contributed by atoms with Crippen LogP contribution in [0.5, 0.6) is 0 Å². The van der Waals surface area contributed by atoms with Crippen LogP contribution in [-0.2, 0) is 11.3 Å². The zero-order valence-corrected chi connectivity index (χ0v) is 15.2. The van der Waals surface area contributed by atoms with Gasteiger partial charge in [-0.05, 0) is 50.9 Å². The van der Waals surface area contributed by atoms with E-state index in [0.717, 1.165) is 44.0 Å². The Balaban J connectivity index is 1.29. The summed E-state index contributed by atoms with van der Waals surface area (Å²) in [6.07, 6.45) is 8.80. The molecule has 4 rings (SSSR count). The van der Waals surface area contributed by atoms with E-state index in [-0.39, 0.29) is 11.8 Å². The molecule has 1 amide bonds. The minimum Gasteiger partial charge on any atom is -0.326 e. The molecule has 26 heavy (non-hydrogen) atoms. The molecule has 1 aliphatic heterocycles. The number of hydrogen-bond acceptors (Lipinski definition) is 4. The van der Waals surface area contributed by atoms with Crippen LogP contribution in [0.1, 0.15) is 50.4 Å². The Kier molecular flexibility index (Phi) is 5.29. The molecular formula is C20H27N5O. The zero-order valence-electron chi connectivity index (χ0n) is 15.2. The van der Waals surface area contributed by atoms with Gasteiger partial charge < -0.3 is 9.88 Å². The molecule has 1 aromatic heterocycles. The predicted octanol–water partition coefficient (Wildman–Crippen LogP) is 3.24. The molecule has 0 radical (unpaired) electrons.